The zero-order valence-electron chi connectivity index (χ0n) is 11.2. The number of aliphatic hydroxyl groups excluding tert-OH is 1. The molecule has 1 aromatic carbocycles. The van der Waals surface area contributed by atoms with Gasteiger partial charge in [-0.2, -0.15) is 0 Å². The quantitative estimate of drug-likeness (QED) is 0.833. The molecule has 1 aromatic rings. The molecule has 1 atom stereocenters. The summed E-state index contributed by atoms with van der Waals surface area (Å²) in [6.45, 7) is 2.31. The van der Waals surface area contributed by atoms with E-state index in [2.05, 4.69) is 0 Å². The van der Waals surface area contributed by atoms with E-state index in [9.17, 15) is 4.79 Å². The topological polar surface area (TPSA) is 66.6 Å². The Balaban J connectivity index is 2.08. The van der Waals surface area contributed by atoms with E-state index in [-0.39, 0.29) is 12.5 Å². The molecule has 1 saturated heterocycles. The van der Waals surface area contributed by atoms with E-state index in [1.807, 2.05) is 29.2 Å². The van der Waals surface area contributed by atoms with E-state index in [1.54, 1.807) is 0 Å². The molecule has 19 heavy (non-hydrogen) atoms. The number of nitrogens with two attached hydrogens (primary N) is 1. The van der Waals surface area contributed by atoms with Crippen LogP contribution in [0.15, 0.2) is 24.3 Å². The smallest absolute Gasteiger partial charge is 0.254 e. The van der Waals surface area contributed by atoms with E-state index < -0.39 is 0 Å². The van der Waals surface area contributed by atoms with Crippen LogP contribution in [0.5, 0.6) is 0 Å². The van der Waals surface area contributed by atoms with Gasteiger partial charge in [-0.1, -0.05) is 18.2 Å². The summed E-state index contributed by atoms with van der Waals surface area (Å²) >= 11 is 0. The standard InChI is InChI=1S/C15H22N2O2/c16-8-5-13-3-1-2-4-14(13)15(19)17-9-6-12(11-17)7-10-18/h1-4,12,18H,5-11,16H2. The Morgan fingerprint density at radius 2 is 2.21 bits per heavy atom. The summed E-state index contributed by atoms with van der Waals surface area (Å²) in [7, 11) is 0. The van der Waals surface area contributed by atoms with Crippen LogP contribution in [0.2, 0.25) is 0 Å². The Bertz CT molecular complexity index is 434. The van der Waals surface area contributed by atoms with E-state index in [0.717, 1.165) is 43.5 Å². The van der Waals surface area contributed by atoms with Gasteiger partial charge in [-0.3, -0.25) is 4.79 Å². The molecule has 1 unspecified atom stereocenters. The third-order valence-corrected chi connectivity index (χ3v) is 3.77. The number of likely N-dealkylation sites (tertiary alicyclic amines) is 1. The van der Waals surface area contributed by atoms with Crippen molar-refractivity contribution in [2.75, 3.05) is 26.2 Å². The Morgan fingerprint density at radius 1 is 1.42 bits per heavy atom. The van der Waals surface area contributed by atoms with Gasteiger partial charge in [0.25, 0.3) is 5.91 Å². The second-order valence-corrected chi connectivity index (χ2v) is 5.11. The predicted molar refractivity (Wildman–Crippen MR) is 74.9 cm³/mol. The second-order valence-electron chi connectivity index (χ2n) is 5.11. The summed E-state index contributed by atoms with van der Waals surface area (Å²) in [5, 5.41) is 8.97. The largest absolute Gasteiger partial charge is 0.396 e. The van der Waals surface area contributed by atoms with Crippen molar-refractivity contribution in [2.45, 2.75) is 19.3 Å². The van der Waals surface area contributed by atoms with Crippen LogP contribution in [0.25, 0.3) is 0 Å². The van der Waals surface area contributed by atoms with Gasteiger partial charge < -0.3 is 15.7 Å². The zero-order valence-corrected chi connectivity index (χ0v) is 11.2. The molecule has 0 radical (unpaired) electrons. The highest BCUT2D eigenvalue weighted by molar-refractivity contribution is 5.95. The molecule has 104 valence electrons. The van der Waals surface area contributed by atoms with Crippen LogP contribution in [-0.4, -0.2) is 42.2 Å². The van der Waals surface area contributed by atoms with E-state index >= 15 is 0 Å². The fourth-order valence-electron chi connectivity index (χ4n) is 2.71. The van der Waals surface area contributed by atoms with Gasteiger partial charge in [0.2, 0.25) is 0 Å². The number of amides is 1. The van der Waals surface area contributed by atoms with Crippen molar-refractivity contribution < 1.29 is 9.90 Å². The van der Waals surface area contributed by atoms with Crippen LogP contribution in [0, 0.1) is 5.92 Å². The van der Waals surface area contributed by atoms with Crippen molar-refractivity contribution >= 4 is 5.91 Å². The lowest BCUT2D eigenvalue weighted by Gasteiger charge is -2.18. The Labute approximate surface area is 114 Å². The molecule has 1 fully saturated rings. The molecule has 0 spiro atoms. The molecular weight excluding hydrogens is 240 g/mol. The molecular formula is C15H22N2O2. The second kappa shape index (κ2) is 6.68. The van der Waals surface area contributed by atoms with Crippen molar-refractivity contribution in [3.05, 3.63) is 35.4 Å². The summed E-state index contributed by atoms with van der Waals surface area (Å²) in [5.41, 5.74) is 7.40. The highest BCUT2D eigenvalue weighted by Gasteiger charge is 2.27. The maximum Gasteiger partial charge on any atom is 0.254 e. The van der Waals surface area contributed by atoms with E-state index in [4.69, 9.17) is 10.8 Å². The van der Waals surface area contributed by atoms with Crippen LogP contribution >= 0.6 is 0 Å². The number of rotatable bonds is 5. The molecule has 0 aromatic heterocycles. The van der Waals surface area contributed by atoms with Gasteiger partial charge in [-0.15, -0.1) is 0 Å². The molecule has 0 aliphatic carbocycles. The summed E-state index contributed by atoms with van der Waals surface area (Å²) in [6.07, 6.45) is 2.51. The minimum absolute atomic E-state index is 0.101. The van der Waals surface area contributed by atoms with Crippen molar-refractivity contribution in [3.63, 3.8) is 0 Å². The molecule has 1 aliphatic heterocycles. The third-order valence-electron chi connectivity index (χ3n) is 3.77. The molecule has 0 saturated carbocycles. The third kappa shape index (κ3) is 3.33. The van der Waals surface area contributed by atoms with Gasteiger partial charge in [-0.05, 0) is 43.4 Å². The van der Waals surface area contributed by atoms with Gasteiger partial charge in [-0.25, -0.2) is 0 Å². The number of carbonyl (C=O) groups is 1. The SMILES string of the molecule is NCCc1ccccc1C(=O)N1CCC(CCO)C1. The number of carbonyl (C=O) groups excluding carboxylic acids is 1. The summed E-state index contributed by atoms with van der Waals surface area (Å²) in [5.74, 6) is 0.542. The molecule has 0 bridgehead atoms. The highest BCUT2D eigenvalue weighted by Crippen LogP contribution is 2.22. The molecule has 4 nitrogen and oxygen atoms in total. The van der Waals surface area contributed by atoms with Gasteiger partial charge >= 0.3 is 0 Å². The number of benzene rings is 1. The fraction of sp³-hybridized carbons (Fsp3) is 0.533. The van der Waals surface area contributed by atoms with Gasteiger partial charge in [0.05, 0.1) is 0 Å². The normalized spacial score (nSPS) is 18.8. The number of aliphatic hydroxyl groups is 1. The van der Waals surface area contributed by atoms with Crippen LogP contribution in [0.4, 0.5) is 0 Å². The van der Waals surface area contributed by atoms with Crippen LogP contribution < -0.4 is 5.73 Å². The first kappa shape index (κ1) is 14.0. The van der Waals surface area contributed by atoms with Crippen molar-refractivity contribution in [1.29, 1.82) is 0 Å². The maximum absolute atomic E-state index is 12.5. The minimum Gasteiger partial charge on any atom is -0.396 e. The number of hydrogen-bond donors (Lipinski definition) is 2. The maximum atomic E-state index is 12.5. The summed E-state index contributed by atoms with van der Waals surface area (Å²) in [4.78, 5) is 14.4. The van der Waals surface area contributed by atoms with E-state index in [0.29, 0.717) is 12.5 Å². The molecule has 3 N–H and O–H groups in total. The molecule has 4 heteroatoms. The molecule has 1 amide bonds. The zero-order chi connectivity index (χ0) is 13.7. The summed E-state index contributed by atoms with van der Waals surface area (Å²) in [6, 6.07) is 7.70. The fourth-order valence-corrected chi connectivity index (χ4v) is 2.71. The lowest BCUT2D eigenvalue weighted by molar-refractivity contribution is 0.0783. The van der Waals surface area contributed by atoms with Gasteiger partial charge in [0.1, 0.15) is 0 Å². The average molecular weight is 262 g/mol. The first-order valence-corrected chi connectivity index (χ1v) is 6.94. The number of hydrogen-bond acceptors (Lipinski definition) is 3. The summed E-state index contributed by atoms with van der Waals surface area (Å²) < 4.78 is 0. The Kier molecular flexibility index (Phi) is 4.93. The molecule has 1 aliphatic rings. The monoisotopic (exact) mass is 262 g/mol. The minimum atomic E-state index is 0.101. The van der Waals surface area contributed by atoms with Crippen molar-refractivity contribution in [1.82, 2.24) is 4.90 Å². The van der Waals surface area contributed by atoms with Gasteiger partial charge in [0, 0.05) is 25.3 Å². The lowest BCUT2D eigenvalue weighted by Crippen LogP contribution is -2.29. The molecule has 2 rings (SSSR count). The van der Waals surface area contributed by atoms with Crippen LogP contribution in [-0.2, 0) is 6.42 Å². The van der Waals surface area contributed by atoms with Crippen molar-refractivity contribution in [3.8, 4) is 0 Å². The predicted octanol–water partition coefficient (Wildman–Crippen LogP) is 1.03. The first-order valence-electron chi connectivity index (χ1n) is 6.94. The average Bonchev–Trinajstić information content (AvgIpc) is 2.88. The lowest BCUT2D eigenvalue weighted by atomic mass is 10.0. The Hall–Kier alpha value is -1.39. The Morgan fingerprint density at radius 3 is 2.95 bits per heavy atom. The highest BCUT2D eigenvalue weighted by atomic mass is 16.3. The first-order chi connectivity index (χ1) is 9.26. The molecule has 1 heterocycles. The number of nitrogens with zero attached hydrogens (tertiary/aromatic N) is 1. The van der Waals surface area contributed by atoms with Crippen LogP contribution in [0.1, 0.15) is 28.8 Å². The van der Waals surface area contributed by atoms with Crippen molar-refractivity contribution in [2.24, 2.45) is 11.7 Å². The van der Waals surface area contributed by atoms with Crippen LogP contribution in [0.3, 0.4) is 0 Å². The van der Waals surface area contributed by atoms with Gasteiger partial charge in [0.15, 0.2) is 0 Å². The van der Waals surface area contributed by atoms with E-state index in [1.165, 1.54) is 0 Å².